The Morgan fingerprint density at radius 2 is 1.91 bits per heavy atom. The number of aromatic nitrogens is 1. The second-order valence-electron chi connectivity index (χ2n) is 9.67. The molecule has 0 spiro atoms. The van der Waals surface area contributed by atoms with Crippen molar-refractivity contribution >= 4 is 28.8 Å². The third-order valence-electron chi connectivity index (χ3n) is 7.55. The summed E-state index contributed by atoms with van der Waals surface area (Å²) in [6.45, 7) is 0.406. The van der Waals surface area contributed by atoms with Crippen LogP contribution < -0.4 is 15.1 Å². The van der Waals surface area contributed by atoms with Crippen LogP contribution in [0.5, 0.6) is 0 Å². The zero-order valence-electron chi connectivity index (χ0n) is 20.2. The third kappa shape index (κ3) is 4.71. The fourth-order valence-corrected chi connectivity index (χ4v) is 5.50. The van der Waals surface area contributed by atoms with Crippen LogP contribution in [0.1, 0.15) is 37.7 Å². The van der Waals surface area contributed by atoms with Crippen LogP contribution in [0.3, 0.4) is 0 Å². The number of ether oxygens (including phenoxy) is 2. The number of rotatable bonds is 4. The van der Waals surface area contributed by atoms with Crippen molar-refractivity contribution in [2.45, 2.75) is 56.8 Å². The van der Waals surface area contributed by atoms with Gasteiger partial charge in [0.1, 0.15) is 11.9 Å². The first-order chi connectivity index (χ1) is 16.9. The van der Waals surface area contributed by atoms with Gasteiger partial charge in [-0.15, -0.1) is 0 Å². The number of carbonyl (C=O) groups is 1. The fraction of sp³-hybridized carbons (Fsp3) is 0.538. The summed E-state index contributed by atoms with van der Waals surface area (Å²) in [5.41, 5.74) is 3.01. The highest BCUT2D eigenvalue weighted by atomic mass is 19.3. The van der Waals surface area contributed by atoms with Gasteiger partial charge in [-0.2, -0.15) is 0 Å². The zero-order valence-corrected chi connectivity index (χ0v) is 20.2. The van der Waals surface area contributed by atoms with Crippen LogP contribution in [0.25, 0.3) is 0 Å². The van der Waals surface area contributed by atoms with E-state index in [2.05, 4.69) is 10.3 Å². The Kier molecular flexibility index (Phi) is 6.63. The van der Waals surface area contributed by atoms with Crippen molar-refractivity contribution in [1.82, 2.24) is 4.98 Å². The number of fused-ring (bicyclic) bond motifs is 2. The minimum atomic E-state index is -2.95. The summed E-state index contributed by atoms with van der Waals surface area (Å²) >= 11 is 0. The van der Waals surface area contributed by atoms with E-state index >= 15 is 0 Å². The third-order valence-corrected chi connectivity index (χ3v) is 7.55. The molecule has 0 bridgehead atoms. The van der Waals surface area contributed by atoms with E-state index in [0.717, 1.165) is 36.9 Å². The first kappa shape index (κ1) is 23.9. The topological polar surface area (TPSA) is 66.9 Å². The fourth-order valence-electron chi connectivity index (χ4n) is 5.50. The molecule has 9 heteroatoms. The van der Waals surface area contributed by atoms with Crippen molar-refractivity contribution in [2.24, 2.45) is 5.92 Å². The number of methoxy groups -OCH3 is 2. The first-order valence-electron chi connectivity index (χ1n) is 12.2. The lowest BCUT2D eigenvalue weighted by Gasteiger charge is -2.39. The van der Waals surface area contributed by atoms with Gasteiger partial charge in [0, 0.05) is 44.1 Å². The zero-order chi connectivity index (χ0) is 24.6. The molecule has 1 aromatic heterocycles. The molecule has 0 radical (unpaired) electrons. The van der Waals surface area contributed by atoms with Crippen LogP contribution >= 0.6 is 0 Å². The number of anilines is 4. The van der Waals surface area contributed by atoms with Crippen LogP contribution in [0.2, 0.25) is 0 Å². The summed E-state index contributed by atoms with van der Waals surface area (Å²) in [4.78, 5) is 21.8. The SMILES string of the molecule is COC1CCC(C(=O)N2Cc3cccnc3Nc3ccc(N4CCC(OC)C(F)(F)C4)cc32)CC1. The second-order valence-corrected chi connectivity index (χ2v) is 9.67. The Balaban J connectivity index is 1.47. The standard InChI is InChI=1S/C26H32F2N4O3/c1-34-20-8-5-17(6-9-20)25(33)32-15-18-4-3-12-29-24(18)30-21-10-7-19(14-22(21)32)31-13-11-23(35-2)26(27,28)16-31/h3-4,7,10,12,14,17,20,23H,5-6,8-9,11,13,15-16H2,1-2H3,(H,29,30). The van der Waals surface area contributed by atoms with E-state index < -0.39 is 18.6 Å². The lowest BCUT2D eigenvalue weighted by molar-refractivity contribution is -0.129. The van der Waals surface area contributed by atoms with Crippen molar-refractivity contribution < 1.29 is 23.0 Å². The number of piperidine rings is 1. The Bertz CT molecular complexity index is 1070. The number of pyridine rings is 1. The lowest BCUT2D eigenvalue weighted by atomic mass is 9.86. The van der Waals surface area contributed by atoms with Gasteiger partial charge in [-0.25, -0.2) is 13.8 Å². The molecule has 1 unspecified atom stereocenters. The van der Waals surface area contributed by atoms with Crippen LogP contribution in [-0.2, 0) is 20.8 Å². The summed E-state index contributed by atoms with van der Waals surface area (Å²) in [6, 6.07) is 9.36. The number of hydrogen-bond acceptors (Lipinski definition) is 6. The molecule has 35 heavy (non-hydrogen) atoms. The summed E-state index contributed by atoms with van der Waals surface area (Å²) in [5.74, 6) is -2.29. The molecule has 1 amide bonds. The minimum absolute atomic E-state index is 0.0554. The van der Waals surface area contributed by atoms with E-state index in [-0.39, 0.29) is 24.3 Å². The molecule has 7 nitrogen and oxygen atoms in total. The van der Waals surface area contributed by atoms with E-state index in [1.807, 2.05) is 30.3 Å². The molecule has 2 fully saturated rings. The number of alkyl halides is 2. The monoisotopic (exact) mass is 486 g/mol. The molecule has 3 heterocycles. The second kappa shape index (κ2) is 9.70. The highest BCUT2D eigenvalue weighted by molar-refractivity contribution is 6.00. The van der Waals surface area contributed by atoms with E-state index in [1.54, 1.807) is 23.1 Å². The summed E-state index contributed by atoms with van der Waals surface area (Å²) in [7, 11) is 3.05. The van der Waals surface area contributed by atoms with Gasteiger partial charge in [0.05, 0.1) is 30.6 Å². The van der Waals surface area contributed by atoms with Crippen molar-refractivity contribution in [3.05, 3.63) is 42.1 Å². The van der Waals surface area contributed by atoms with Crippen molar-refractivity contribution in [3.63, 3.8) is 0 Å². The van der Waals surface area contributed by atoms with Gasteiger partial charge in [-0.05, 0) is 56.4 Å². The van der Waals surface area contributed by atoms with Gasteiger partial charge in [0.2, 0.25) is 5.91 Å². The van der Waals surface area contributed by atoms with Crippen molar-refractivity contribution in [3.8, 4) is 0 Å². The summed E-state index contributed by atoms with van der Waals surface area (Å²) < 4.78 is 39.8. The first-order valence-corrected chi connectivity index (χ1v) is 12.2. The Labute approximate surface area is 204 Å². The minimum Gasteiger partial charge on any atom is -0.381 e. The normalized spacial score (nSPS) is 25.8. The number of nitrogens with zero attached hydrogens (tertiary/aromatic N) is 3. The Hall–Kier alpha value is -2.78. The molecule has 1 saturated carbocycles. The van der Waals surface area contributed by atoms with Gasteiger partial charge in [0.15, 0.2) is 0 Å². The Morgan fingerprint density at radius 3 is 2.63 bits per heavy atom. The average Bonchev–Trinajstić information content (AvgIpc) is 3.04. The number of carbonyl (C=O) groups excluding carboxylic acids is 1. The summed E-state index contributed by atoms with van der Waals surface area (Å²) in [5, 5.41) is 3.36. The summed E-state index contributed by atoms with van der Waals surface area (Å²) in [6.07, 6.45) is 4.32. The van der Waals surface area contributed by atoms with E-state index in [1.165, 1.54) is 7.11 Å². The maximum absolute atomic E-state index is 14.6. The van der Waals surface area contributed by atoms with Crippen LogP contribution in [-0.4, -0.2) is 56.3 Å². The number of hydrogen-bond donors (Lipinski definition) is 1. The molecule has 3 aliphatic rings. The van der Waals surface area contributed by atoms with Gasteiger partial charge >= 0.3 is 0 Å². The van der Waals surface area contributed by atoms with Crippen molar-refractivity contribution in [2.75, 3.05) is 42.4 Å². The number of benzene rings is 1. The van der Waals surface area contributed by atoms with Crippen LogP contribution in [0, 0.1) is 5.92 Å². The predicted octanol–water partition coefficient (Wildman–Crippen LogP) is 4.74. The molecular formula is C26H32F2N4O3. The molecule has 1 aliphatic carbocycles. The molecular weight excluding hydrogens is 454 g/mol. The number of amides is 1. The van der Waals surface area contributed by atoms with Gasteiger partial charge < -0.3 is 24.6 Å². The molecule has 188 valence electrons. The maximum Gasteiger partial charge on any atom is 0.290 e. The quantitative estimate of drug-likeness (QED) is 0.674. The smallest absolute Gasteiger partial charge is 0.290 e. The molecule has 1 aromatic carbocycles. The molecule has 1 saturated heterocycles. The number of nitrogens with one attached hydrogen (secondary N) is 1. The highest BCUT2D eigenvalue weighted by Gasteiger charge is 2.45. The van der Waals surface area contributed by atoms with Crippen LogP contribution in [0.4, 0.5) is 31.7 Å². The van der Waals surface area contributed by atoms with Gasteiger partial charge in [-0.3, -0.25) is 4.79 Å². The lowest BCUT2D eigenvalue weighted by Crippen LogP contribution is -2.52. The number of halogens is 2. The molecule has 2 aliphatic heterocycles. The molecule has 5 rings (SSSR count). The Morgan fingerprint density at radius 1 is 1.11 bits per heavy atom. The van der Waals surface area contributed by atoms with Crippen LogP contribution in [0.15, 0.2) is 36.5 Å². The van der Waals surface area contributed by atoms with E-state index in [0.29, 0.717) is 30.3 Å². The molecule has 2 aromatic rings. The predicted molar refractivity (Wildman–Crippen MR) is 130 cm³/mol. The van der Waals surface area contributed by atoms with Gasteiger partial charge in [0.25, 0.3) is 5.92 Å². The van der Waals surface area contributed by atoms with E-state index in [4.69, 9.17) is 9.47 Å². The molecule has 1 atom stereocenters. The average molecular weight is 487 g/mol. The maximum atomic E-state index is 14.6. The largest absolute Gasteiger partial charge is 0.381 e. The van der Waals surface area contributed by atoms with E-state index in [9.17, 15) is 13.6 Å². The van der Waals surface area contributed by atoms with Crippen molar-refractivity contribution in [1.29, 1.82) is 0 Å². The highest BCUT2D eigenvalue weighted by Crippen LogP contribution is 2.41. The molecule has 1 N–H and O–H groups in total. The van der Waals surface area contributed by atoms with Gasteiger partial charge in [-0.1, -0.05) is 6.07 Å².